The number of ether oxygens (including phenoxy) is 1. The van der Waals surface area contributed by atoms with Gasteiger partial charge < -0.3 is 10.5 Å². The van der Waals surface area contributed by atoms with Crippen LogP contribution in [0.2, 0.25) is 0 Å². The third-order valence-electron chi connectivity index (χ3n) is 2.98. The molecule has 0 radical (unpaired) electrons. The van der Waals surface area contributed by atoms with Crippen molar-refractivity contribution < 1.29 is 4.74 Å². The predicted molar refractivity (Wildman–Crippen MR) is 71.8 cm³/mol. The number of hydrogen-bond acceptors (Lipinski definition) is 2. The Morgan fingerprint density at radius 1 is 0.833 bits per heavy atom. The van der Waals surface area contributed by atoms with Gasteiger partial charge in [-0.15, -0.1) is 0 Å². The first kappa shape index (κ1) is 10.9. The second-order valence-electron chi connectivity index (χ2n) is 4.35. The molecule has 0 fully saturated rings. The van der Waals surface area contributed by atoms with Gasteiger partial charge >= 0.3 is 0 Å². The maximum atomic E-state index is 5.63. The smallest absolute Gasteiger partial charge is 0.0725 e. The minimum absolute atomic E-state index is 0.701. The summed E-state index contributed by atoms with van der Waals surface area (Å²) in [6.07, 6.45) is 0. The molecule has 2 N–H and O–H groups in total. The molecule has 0 aliphatic carbocycles. The van der Waals surface area contributed by atoms with Crippen molar-refractivity contribution in [3.63, 3.8) is 0 Å². The summed E-state index contributed by atoms with van der Waals surface area (Å²) in [5.41, 5.74) is 10.9. The van der Waals surface area contributed by atoms with Crippen LogP contribution in [-0.2, 0) is 18.0 Å². The summed E-state index contributed by atoms with van der Waals surface area (Å²) in [5.74, 6) is 6.30. The van der Waals surface area contributed by atoms with Crippen molar-refractivity contribution in [1.29, 1.82) is 0 Å². The second kappa shape index (κ2) is 4.56. The van der Waals surface area contributed by atoms with Gasteiger partial charge in [-0.25, -0.2) is 0 Å². The summed E-state index contributed by atoms with van der Waals surface area (Å²) >= 11 is 0. The fraction of sp³-hybridized carbons (Fsp3) is 0.125. The SMILES string of the molecule is Nc1ccc(C#Cc2ccc3c(c2)COC3)cc1. The van der Waals surface area contributed by atoms with Crippen molar-refractivity contribution in [3.05, 3.63) is 64.7 Å². The molecule has 2 aromatic rings. The monoisotopic (exact) mass is 235 g/mol. The van der Waals surface area contributed by atoms with Gasteiger partial charge in [0.1, 0.15) is 0 Å². The molecule has 1 aliphatic rings. The third-order valence-corrected chi connectivity index (χ3v) is 2.98. The third kappa shape index (κ3) is 2.22. The Morgan fingerprint density at radius 3 is 2.33 bits per heavy atom. The number of hydrogen-bond donors (Lipinski definition) is 1. The summed E-state index contributed by atoms with van der Waals surface area (Å²) < 4.78 is 5.38. The highest BCUT2D eigenvalue weighted by atomic mass is 16.5. The van der Waals surface area contributed by atoms with Gasteiger partial charge in [0.2, 0.25) is 0 Å². The summed E-state index contributed by atoms with van der Waals surface area (Å²) in [6.45, 7) is 1.42. The molecule has 0 bridgehead atoms. The van der Waals surface area contributed by atoms with E-state index in [-0.39, 0.29) is 0 Å². The lowest BCUT2D eigenvalue weighted by Crippen LogP contribution is -1.85. The summed E-state index contributed by atoms with van der Waals surface area (Å²) in [7, 11) is 0. The topological polar surface area (TPSA) is 35.2 Å². The number of rotatable bonds is 0. The summed E-state index contributed by atoms with van der Waals surface area (Å²) in [4.78, 5) is 0. The fourth-order valence-corrected chi connectivity index (χ4v) is 1.96. The zero-order valence-electron chi connectivity index (χ0n) is 9.94. The molecule has 0 saturated carbocycles. The van der Waals surface area contributed by atoms with Crippen LogP contribution < -0.4 is 5.73 Å². The van der Waals surface area contributed by atoms with Crippen molar-refractivity contribution in [2.24, 2.45) is 0 Å². The highest BCUT2D eigenvalue weighted by Crippen LogP contribution is 2.20. The molecule has 0 aromatic heterocycles. The standard InChI is InChI=1S/C16H13NO/c17-16-7-4-12(5-8-16)1-2-13-3-6-14-10-18-11-15(14)9-13/h3-9H,10-11,17H2. The molecule has 0 atom stereocenters. The van der Waals surface area contributed by atoms with Gasteiger partial charge in [-0.1, -0.05) is 17.9 Å². The number of fused-ring (bicyclic) bond motifs is 1. The van der Waals surface area contributed by atoms with Gasteiger partial charge in [-0.05, 0) is 47.5 Å². The van der Waals surface area contributed by atoms with Gasteiger partial charge in [-0.3, -0.25) is 0 Å². The first-order valence-corrected chi connectivity index (χ1v) is 5.88. The lowest BCUT2D eigenvalue weighted by molar-refractivity contribution is 0.134. The van der Waals surface area contributed by atoms with E-state index in [1.165, 1.54) is 11.1 Å². The van der Waals surface area contributed by atoms with Crippen molar-refractivity contribution in [2.75, 3.05) is 5.73 Å². The van der Waals surface area contributed by atoms with E-state index < -0.39 is 0 Å². The minimum Gasteiger partial charge on any atom is -0.399 e. The second-order valence-corrected chi connectivity index (χ2v) is 4.35. The van der Waals surface area contributed by atoms with Crippen molar-refractivity contribution in [3.8, 4) is 11.8 Å². The Balaban J connectivity index is 1.87. The van der Waals surface area contributed by atoms with E-state index in [4.69, 9.17) is 10.5 Å². The lowest BCUT2D eigenvalue weighted by Gasteiger charge is -1.96. The average molecular weight is 235 g/mol. The Labute approximate surface area is 106 Å². The highest BCUT2D eigenvalue weighted by Gasteiger charge is 2.10. The maximum absolute atomic E-state index is 5.63. The van der Waals surface area contributed by atoms with Crippen LogP contribution in [0, 0.1) is 11.8 Å². The molecular formula is C16H13NO. The molecule has 1 heterocycles. The molecule has 2 aromatic carbocycles. The maximum Gasteiger partial charge on any atom is 0.0725 e. The molecule has 0 spiro atoms. The summed E-state index contributed by atoms with van der Waals surface area (Å²) in [5, 5.41) is 0. The van der Waals surface area contributed by atoms with Gasteiger partial charge in [0.25, 0.3) is 0 Å². The molecule has 2 nitrogen and oxygen atoms in total. The lowest BCUT2D eigenvalue weighted by atomic mass is 10.1. The largest absolute Gasteiger partial charge is 0.399 e. The predicted octanol–water partition coefficient (Wildman–Crippen LogP) is 2.70. The van der Waals surface area contributed by atoms with Crippen molar-refractivity contribution in [2.45, 2.75) is 13.2 Å². The van der Waals surface area contributed by atoms with Crippen LogP contribution >= 0.6 is 0 Å². The molecule has 2 heteroatoms. The van der Waals surface area contributed by atoms with E-state index in [9.17, 15) is 0 Å². The van der Waals surface area contributed by atoms with Crippen LogP contribution in [0.15, 0.2) is 42.5 Å². The van der Waals surface area contributed by atoms with E-state index in [2.05, 4.69) is 24.0 Å². The van der Waals surface area contributed by atoms with E-state index >= 15 is 0 Å². The number of benzene rings is 2. The first-order chi connectivity index (χ1) is 8.81. The normalized spacial score (nSPS) is 12.7. The van der Waals surface area contributed by atoms with Crippen molar-refractivity contribution >= 4 is 5.69 Å². The number of nitrogens with two attached hydrogens (primary N) is 1. The van der Waals surface area contributed by atoms with Crippen LogP contribution in [0.1, 0.15) is 22.3 Å². The van der Waals surface area contributed by atoms with E-state index in [0.29, 0.717) is 6.61 Å². The average Bonchev–Trinajstić information content (AvgIpc) is 2.85. The van der Waals surface area contributed by atoms with Crippen LogP contribution in [0.5, 0.6) is 0 Å². The van der Waals surface area contributed by atoms with Crippen LogP contribution in [0.4, 0.5) is 5.69 Å². The zero-order chi connectivity index (χ0) is 12.4. The molecule has 18 heavy (non-hydrogen) atoms. The molecule has 1 aliphatic heterocycles. The van der Waals surface area contributed by atoms with E-state index in [1.54, 1.807) is 0 Å². The van der Waals surface area contributed by atoms with Crippen LogP contribution in [0.25, 0.3) is 0 Å². The molecule has 88 valence electrons. The van der Waals surface area contributed by atoms with Crippen LogP contribution in [0.3, 0.4) is 0 Å². The quantitative estimate of drug-likeness (QED) is 0.563. The van der Waals surface area contributed by atoms with Gasteiger partial charge in [0.05, 0.1) is 13.2 Å². The summed E-state index contributed by atoms with van der Waals surface area (Å²) in [6, 6.07) is 13.8. The fourth-order valence-electron chi connectivity index (χ4n) is 1.96. The Bertz CT molecular complexity index is 632. The minimum atomic E-state index is 0.701. The van der Waals surface area contributed by atoms with Gasteiger partial charge in [0.15, 0.2) is 0 Å². The van der Waals surface area contributed by atoms with Gasteiger partial charge in [0, 0.05) is 16.8 Å². The zero-order valence-corrected chi connectivity index (χ0v) is 9.94. The number of nitrogen functional groups attached to an aromatic ring is 1. The Kier molecular flexibility index (Phi) is 2.76. The molecule has 0 saturated heterocycles. The van der Waals surface area contributed by atoms with E-state index in [0.717, 1.165) is 23.4 Å². The molecule has 0 amide bonds. The van der Waals surface area contributed by atoms with Gasteiger partial charge in [-0.2, -0.15) is 0 Å². The van der Waals surface area contributed by atoms with E-state index in [1.807, 2.05) is 30.3 Å². The Morgan fingerprint density at radius 2 is 1.50 bits per heavy atom. The van der Waals surface area contributed by atoms with Crippen molar-refractivity contribution in [1.82, 2.24) is 0 Å². The number of anilines is 1. The van der Waals surface area contributed by atoms with Crippen LogP contribution in [-0.4, -0.2) is 0 Å². The Hall–Kier alpha value is -2.24. The first-order valence-electron chi connectivity index (χ1n) is 5.88. The molecular weight excluding hydrogens is 222 g/mol. The molecule has 0 unspecified atom stereocenters. The molecule has 3 rings (SSSR count). The highest BCUT2D eigenvalue weighted by molar-refractivity contribution is 5.49.